The van der Waals surface area contributed by atoms with Crippen LogP contribution in [0, 0.1) is 0 Å². The van der Waals surface area contributed by atoms with Gasteiger partial charge in [-0.25, -0.2) is 4.79 Å². The lowest BCUT2D eigenvalue weighted by molar-refractivity contribution is 0.179. The molecule has 2 fully saturated rings. The van der Waals surface area contributed by atoms with Gasteiger partial charge in [0.15, 0.2) is 0 Å². The molecule has 1 saturated heterocycles. The maximum atomic E-state index is 11.6. The number of rotatable bonds is 3. The second-order valence-electron chi connectivity index (χ2n) is 4.18. The lowest BCUT2D eigenvalue weighted by atomic mass is 9.91. The lowest BCUT2D eigenvalue weighted by Crippen LogP contribution is -2.39. The summed E-state index contributed by atoms with van der Waals surface area (Å²) in [5.74, 6) is 0. The van der Waals surface area contributed by atoms with E-state index in [-0.39, 0.29) is 12.6 Å². The van der Waals surface area contributed by atoms with Crippen LogP contribution in [0.25, 0.3) is 0 Å². The molecule has 2 unspecified atom stereocenters. The minimum absolute atomic E-state index is 0.0651. The van der Waals surface area contributed by atoms with Gasteiger partial charge in [0.25, 0.3) is 0 Å². The quantitative estimate of drug-likeness (QED) is 0.701. The number of nitrogens with zero attached hydrogens (tertiary/aromatic N) is 1. The number of carbonyl (C=O) groups excluding carboxylic acids is 1. The van der Waals surface area contributed by atoms with Crippen LogP contribution in [-0.2, 0) is 0 Å². The topological polar surface area (TPSA) is 52.6 Å². The molecule has 1 saturated carbocycles. The Morgan fingerprint density at radius 2 is 2.21 bits per heavy atom. The van der Waals surface area contributed by atoms with Crippen LogP contribution in [0.15, 0.2) is 0 Å². The van der Waals surface area contributed by atoms with Crippen molar-refractivity contribution in [2.75, 3.05) is 13.2 Å². The zero-order chi connectivity index (χ0) is 9.97. The van der Waals surface area contributed by atoms with E-state index in [2.05, 4.69) is 5.32 Å². The van der Waals surface area contributed by atoms with Gasteiger partial charge >= 0.3 is 6.03 Å². The van der Waals surface area contributed by atoms with Crippen LogP contribution in [0.3, 0.4) is 0 Å². The van der Waals surface area contributed by atoms with Crippen molar-refractivity contribution < 1.29 is 9.90 Å². The molecule has 0 aromatic rings. The molecule has 4 nitrogen and oxygen atoms in total. The zero-order valence-electron chi connectivity index (χ0n) is 8.41. The Hall–Kier alpha value is -0.770. The largest absolute Gasteiger partial charge is 0.396 e. The third-order valence-corrected chi connectivity index (χ3v) is 3.26. The van der Waals surface area contributed by atoms with Gasteiger partial charge in [-0.15, -0.1) is 0 Å². The van der Waals surface area contributed by atoms with E-state index in [1.807, 2.05) is 4.90 Å². The molecule has 0 spiro atoms. The van der Waals surface area contributed by atoms with E-state index in [0.717, 1.165) is 12.8 Å². The number of urea groups is 1. The Bertz CT molecular complexity index is 220. The summed E-state index contributed by atoms with van der Waals surface area (Å²) >= 11 is 0. The standard InChI is InChI=1S/C10H18N2O2/c13-7-3-6-12-9-5-2-1-4-8(9)11-10(12)14/h8-9,13H,1-7H2,(H,11,14). The maximum Gasteiger partial charge on any atom is 0.318 e. The zero-order valence-corrected chi connectivity index (χ0v) is 8.41. The van der Waals surface area contributed by atoms with Crippen LogP contribution in [-0.4, -0.2) is 41.3 Å². The van der Waals surface area contributed by atoms with Crippen molar-refractivity contribution in [3.8, 4) is 0 Å². The minimum Gasteiger partial charge on any atom is -0.396 e. The highest BCUT2D eigenvalue weighted by Gasteiger charge is 2.39. The fourth-order valence-corrected chi connectivity index (χ4v) is 2.55. The van der Waals surface area contributed by atoms with E-state index in [1.54, 1.807) is 0 Å². The first-order chi connectivity index (χ1) is 6.83. The number of hydrogen-bond acceptors (Lipinski definition) is 2. The van der Waals surface area contributed by atoms with Crippen molar-refractivity contribution in [3.05, 3.63) is 0 Å². The SMILES string of the molecule is O=C1NC2CCCCC2N1CCCO. The highest BCUT2D eigenvalue weighted by atomic mass is 16.3. The Balaban J connectivity index is 1.96. The average molecular weight is 198 g/mol. The van der Waals surface area contributed by atoms with Gasteiger partial charge < -0.3 is 15.3 Å². The Morgan fingerprint density at radius 1 is 1.43 bits per heavy atom. The fraction of sp³-hybridized carbons (Fsp3) is 0.900. The van der Waals surface area contributed by atoms with Crippen LogP contribution in [0.2, 0.25) is 0 Å². The number of aliphatic hydroxyl groups excluding tert-OH is 1. The Kier molecular flexibility index (Phi) is 2.91. The van der Waals surface area contributed by atoms with Gasteiger partial charge in [0, 0.05) is 13.2 Å². The van der Waals surface area contributed by atoms with Crippen LogP contribution >= 0.6 is 0 Å². The number of amides is 2. The molecule has 1 aliphatic heterocycles. The number of carbonyl (C=O) groups is 1. The van der Waals surface area contributed by atoms with Crippen molar-refractivity contribution in [2.24, 2.45) is 0 Å². The fourth-order valence-electron chi connectivity index (χ4n) is 2.55. The molecule has 1 heterocycles. The number of aliphatic hydroxyl groups is 1. The summed E-state index contributed by atoms with van der Waals surface area (Å²) < 4.78 is 0. The molecule has 1 aliphatic carbocycles. The lowest BCUT2D eigenvalue weighted by Gasteiger charge is -2.29. The summed E-state index contributed by atoms with van der Waals surface area (Å²) in [7, 11) is 0. The summed E-state index contributed by atoms with van der Waals surface area (Å²) in [6.45, 7) is 0.866. The van der Waals surface area contributed by atoms with E-state index >= 15 is 0 Å². The summed E-state index contributed by atoms with van der Waals surface area (Å²) in [6.07, 6.45) is 5.39. The maximum absolute atomic E-state index is 11.6. The van der Waals surface area contributed by atoms with E-state index < -0.39 is 0 Å². The smallest absolute Gasteiger partial charge is 0.318 e. The molecule has 14 heavy (non-hydrogen) atoms. The molecular formula is C10H18N2O2. The van der Waals surface area contributed by atoms with Crippen LogP contribution < -0.4 is 5.32 Å². The normalized spacial score (nSPS) is 31.5. The van der Waals surface area contributed by atoms with Crippen molar-refractivity contribution in [3.63, 3.8) is 0 Å². The van der Waals surface area contributed by atoms with Crippen LogP contribution in [0.1, 0.15) is 32.1 Å². The summed E-state index contributed by atoms with van der Waals surface area (Å²) in [4.78, 5) is 13.5. The monoisotopic (exact) mass is 198 g/mol. The van der Waals surface area contributed by atoms with Gasteiger partial charge in [-0.3, -0.25) is 0 Å². The Morgan fingerprint density at radius 3 is 3.00 bits per heavy atom. The first kappa shape index (κ1) is 9.77. The molecule has 2 aliphatic rings. The van der Waals surface area contributed by atoms with E-state index in [9.17, 15) is 4.79 Å². The molecule has 2 amide bonds. The van der Waals surface area contributed by atoms with E-state index in [1.165, 1.54) is 12.8 Å². The van der Waals surface area contributed by atoms with Gasteiger partial charge in [-0.05, 0) is 19.3 Å². The first-order valence-corrected chi connectivity index (χ1v) is 5.51. The molecule has 4 heteroatoms. The highest BCUT2D eigenvalue weighted by molar-refractivity contribution is 5.77. The van der Waals surface area contributed by atoms with Gasteiger partial charge in [0.05, 0.1) is 12.1 Å². The molecule has 0 radical (unpaired) electrons. The predicted molar refractivity (Wildman–Crippen MR) is 53.0 cm³/mol. The number of hydrogen-bond donors (Lipinski definition) is 2. The van der Waals surface area contributed by atoms with Crippen molar-refractivity contribution >= 4 is 6.03 Å². The third-order valence-electron chi connectivity index (χ3n) is 3.26. The second-order valence-corrected chi connectivity index (χ2v) is 4.18. The second kappa shape index (κ2) is 4.17. The van der Waals surface area contributed by atoms with Crippen LogP contribution in [0.5, 0.6) is 0 Å². The van der Waals surface area contributed by atoms with Crippen LogP contribution in [0.4, 0.5) is 4.79 Å². The molecule has 2 atom stereocenters. The molecule has 2 N–H and O–H groups in total. The third kappa shape index (κ3) is 1.71. The number of nitrogens with one attached hydrogen (secondary N) is 1. The van der Waals surface area contributed by atoms with E-state index in [0.29, 0.717) is 25.0 Å². The molecular weight excluding hydrogens is 180 g/mol. The summed E-state index contributed by atoms with van der Waals surface area (Å²) in [5.41, 5.74) is 0. The van der Waals surface area contributed by atoms with Gasteiger partial charge in [0.2, 0.25) is 0 Å². The van der Waals surface area contributed by atoms with Crippen molar-refractivity contribution in [1.82, 2.24) is 10.2 Å². The average Bonchev–Trinajstić information content (AvgIpc) is 2.51. The number of fused-ring (bicyclic) bond motifs is 1. The predicted octanol–water partition coefficient (Wildman–Crippen LogP) is 0.705. The van der Waals surface area contributed by atoms with Crippen molar-refractivity contribution in [2.45, 2.75) is 44.2 Å². The van der Waals surface area contributed by atoms with Gasteiger partial charge in [-0.2, -0.15) is 0 Å². The first-order valence-electron chi connectivity index (χ1n) is 5.51. The molecule has 2 rings (SSSR count). The van der Waals surface area contributed by atoms with Gasteiger partial charge in [-0.1, -0.05) is 12.8 Å². The van der Waals surface area contributed by atoms with E-state index in [4.69, 9.17) is 5.11 Å². The van der Waals surface area contributed by atoms with Crippen molar-refractivity contribution in [1.29, 1.82) is 0 Å². The molecule has 0 aromatic heterocycles. The molecule has 80 valence electrons. The Labute approximate surface area is 84.3 Å². The highest BCUT2D eigenvalue weighted by Crippen LogP contribution is 2.27. The summed E-state index contributed by atoms with van der Waals surface area (Å²) in [5, 5.41) is 11.8. The molecule has 0 aromatic carbocycles. The molecule has 0 bridgehead atoms. The van der Waals surface area contributed by atoms with Gasteiger partial charge in [0.1, 0.15) is 0 Å². The summed E-state index contributed by atoms with van der Waals surface area (Å²) in [6, 6.07) is 0.827. The minimum atomic E-state index is 0.0651.